The summed E-state index contributed by atoms with van der Waals surface area (Å²) in [6.07, 6.45) is 2.33. The van der Waals surface area contributed by atoms with Crippen LogP contribution in [0.2, 0.25) is 0 Å². The van der Waals surface area contributed by atoms with Crippen molar-refractivity contribution in [2.24, 2.45) is 0 Å². The predicted molar refractivity (Wildman–Crippen MR) is 125 cm³/mol. The number of para-hydroxylation sites is 1. The third-order valence-electron chi connectivity index (χ3n) is 5.15. The van der Waals surface area contributed by atoms with Crippen LogP contribution in [-0.2, 0) is 10.0 Å². The number of thiazole rings is 1. The van der Waals surface area contributed by atoms with E-state index in [4.69, 9.17) is 14.2 Å². The van der Waals surface area contributed by atoms with E-state index >= 15 is 0 Å². The Morgan fingerprint density at radius 2 is 1.88 bits per heavy atom. The summed E-state index contributed by atoms with van der Waals surface area (Å²) in [5.74, 6) is 1.39. The van der Waals surface area contributed by atoms with Gasteiger partial charge in [-0.05, 0) is 36.4 Å². The van der Waals surface area contributed by atoms with Gasteiger partial charge < -0.3 is 14.2 Å². The minimum absolute atomic E-state index is 0.0627. The number of aromatic nitrogens is 2. The fourth-order valence-corrected chi connectivity index (χ4v) is 5.84. The van der Waals surface area contributed by atoms with E-state index in [2.05, 4.69) is 14.7 Å². The molecule has 2 aromatic carbocycles. The molecule has 2 aromatic heterocycles. The van der Waals surface area contributed by atoms with Crippen molar-refractivity contribution in [1.29, 1.82) is 0 Å². The van der Waals surface area contributed by atoms with Crippen LogP contribution in [0.3, 0.4) is 0 Å². The Morgan fingerprint density at radius 1 is 1.06 bits per heavy atom. The summed E-state index contributed by atoms with van der Waals surface area (Å²) in [7, 11) is -2.46. The van der Waals surface area contributed by atoms with Crippen LogP contribution in [0.1, 0.15) is 23.2 Å². The Morgan fingerprint density at radius 3 is 2.70 bits per heavy atom. The van der Waals surface area contributed by atoms with Gasteiger partial charge in [-0.15, -0.1) is 11.3 Å². The van der Waals surface area contributed by atoms with Gasteiger partial charge in [0.15, 0.2) is 11.5 Å². The smallest absolute Gasteiger partial charge is 0.241 e. The molecule has 33 heavy (non-hydrogen) atoms. The molecule has 8 nitrogen and oxygen atoms in total. The molecule has 0 saturated heterocycles. The van der Waals surface area contributed by atoms with E-state index in [1.807, 2.05) is 24.3 Å². The molecule has 170 valence electrons. The first-order chi connectivity index (χ1) is 16.0. The van der Waals surface area contributed by atoms with E-state index in [0.29, 0.717) is 41.2 Å². The Kier molecular flexibility index (Phi) is 5.88. The number of methoxy groups -OCH3 is 1. The van der Waals surface area contributed by atoms with Crippen molar-refractivity contribution in [3.63, 3.8) is 0 Å². The molecule has 0 amide bonds. The molecule has 5 rings (SSSR count). The standard InChI is InChI=1S/C23H21N3O5S2/c1-29-18-7-4-11-24-21(18)22(23-25-16-6-2-3-8-20(16)32-23)26-33(27,28)15-9-10-17-19(14-15)31-13-5-12-30-17/h2-4,6-11,14,22,26H,5,12-13H2,1H3. The largest absolute Gasteiger partial charge is 0.495 e. The molecule has 1 unspecified atom stereocenters. The van der Waals surface area contributed by atoms with Crippen LogP contribution in [0.15, 0.2) is 65.7 Å². The molecule has 4 aromatic rings. The quantitative estimate of drug-likeness (QED) is 0.444. The van der Waals surface area contributed by atoms with Gasteiger partial charge in [-0.1, -0.05) is 12.1 Å². The fraction of sp³-hybridized carbons (Fsp3) is 0.217. The summed E-state index contributed by atoms with van der Waals surface area (Å²) in [5.41, 5.74) is 1.21. The Bertz CT molecular complexity index is 1370. The highest BCUT2D eigenvalue weighted by Crippen LogP contribution is 2.36. The number of fused-ring (bicyclic) bond motifs is 2. The van der Waals surface area contributed by atoms with Gasteiger partial charge in [0.2, 0.25) is 10.0 Å². The average molecular weight is 484 g/mol. The average Bonchev–Trinajstić information content (AvgIpc) is 3.12. The first-order valence-electron chi connectivity index (χ1n) is 10.3. The van der Waals surface area contributed by atoms with Crippen LogP contribution in [0.5, 0.6) is 17.2 Å². The van der Waals surface area contributed by atoms with Gasteiger partial charge in [-0.2, -0.15) is 4.72 Å². The third-order valence-corrected chi connectivity index (χ3v) is 7.67. The molecule has 1 atom stereocenters. The number of nitrogens with one attached hydrogen (secondary N) is 1. The van der Waals surface area contributed by atoms with Crippen molar-refractivity contribution in [3.8, 4) is 17.2 Å². The van der Waals surface area contributed by atoms with Gasteiger partial charge in [0, 0.05) is 18.7 Å². The van der Waals surface area contributed by atoms with Crippen molar-refractivity contribution in [2.75, 3.05) is 20.3 Å². The number of ether oxygens (including phenoxy) is 3. The maximum absolute atomic E-state index is 13.5. The zero-order chi connectivity index (χ0) is 22.8. The molecule has 0 aliphatic carbocycles. The summed E-state index contributed by atoms with van der Waals surface area (Å²) in [5, 5.41) is 0.561. The zero-order valence-corrected chi connectivity index (χ0v) is 19.4. The summed E-state index contributed by atoms with van der Waals surface area (Å²) in [6, 6.07) is 14.9. The fourth-order valence-electron chi connectivity index (χ4n) is 3.56. The van der Waals surface area contributed by atoms with Gasteiger partial charge in [0.1, 0.15) is 22.5 Å². The van der Waals surface area contributed by atoms with Gasteiger partial charge in [0.25, 0.3) is 0 Å². The summed E-state index contributed by atoms with van der Waals surface area (Å²) in [6.45, 7) is 0.986. The van der Waals surface area contributed by atoms with Gasteiger partial charge in [-0.25, -0.2) is 13.4 Å². The second kappa shape index (κ2) is 8.97. The Balaban J connectivity index is 1.57. The zero-order valence-electron chi connectivity index (χ0n) is 17.7. The molecule has 1 N–H and O–H groups in total. The van der Waals surface area contributed by atoms with Crippen molar-refractivity contribution >= 4 is 31.6 Å². The first-order valence-corrected chi connectivity index (χ1v) is 12.6. The maximum atomic E-state index is 13.5. The van der Waals surface area contributed by atoms with Crippen LogP contribution in [0.25, 0.3) is 10.2 Å². The van der Waals surface area contributed by atoms with E-state index in [-0.39, 0.29) is 4.90 Å². The lowest BCUT2D eigenvalue weighted by Crippen LogP contribution is -2.30. The number of rotatable bonds is 6. The van der Waals surface area contributed by atoms with Gasteiger partial charge in [0.05, 0.1) is 35.4 Å². The molecule has 1 aliphatic rings. The highest BCUT2D eigenvalue weighted by molar-refractivity contribution is 7.89. The molecule has 0 fully saturated rings. The van der Waals surface area contributed by atoms with Crippen molar-refractivity contribution < 1.29 is 22.6 Å². The summed E-state index contributed by atoms with van der Waals surface area (Å²) < 4.78 is 47.5. The number of hydrogen-bond donors (Lipinski definition) is 1. The van der Waals surface area contributed by atoms with Crippen LogP contribution < -0.4 is 18.9 Å². The molecular weight excluding hydrogens is 462 g/mol. The van der Waals surface area contributed by atoms with E-state index in [1.165, 1.54) is 30.6 Å². The number of pyridine rings is 1. The second-order valence-electron chi connectivity index (χ2n) is 7.32. The lowest BCUT2D eigenvalue weighted by atomic mass is 10.2. The molecule has 0 spiro atoms. The molecule has 0 saturated carbocycles. The Labute approximate surface area is 195 Å². The normalized spacial score (nSPS) is 14.6. The molecular formula is C23H21N3O5S2. The first kappa shape index (κ1) is 21.6. The number of nitrogens with zero attached hydrogens (tertiary/aromatic N) is 2. The van der Waals surface area contributed by atoms with E-state index in [9.17, 15) is 8.42 Å². The lowest BCUT2D eigenvalue weighted by molar-refractivity contribution is 0.297. The topological polar surface area (TPSA) is 99.6 Å². The van der Waals surface area contributed by atoms with Crippen molar-refractivity contribution in [2.45, 2.75) is 17.4 Å². The van der Waals surface area contributed by atoms with Crippen LogP contribution >= 0.6 is 11.3 Å². The second-order valence-corrected chi connectivity index (χ2v) is 10.1. The molecule has 10 heteroatoms. The lowest BCUT2D eigenvalue weighted by Gasteiger charge is -2.19. The molecule has 3 heterocycles. The van der Waals surface area contributed by atoms with Gasteiger partial charge >= 0.3 is 0 Å². The van der Waals surface area contributed by atoms with Crippen LogP contribution in [0, 0.1) is 0 Å². The van der Waals surface area contributed by atoms with Gasteiger partial charge in [-0.3, -0.25) is 4.98 Å². The minimum atomic E-state index is -3.98. The Hall–Kier alpha value is -3.21. The van der Waals surface area contributed by atoms with E-state index < -0.39 is 16.1 Å². The summed E-state index contributed by atoms with van der Waals surface area (Å²) in [4.78, 5) is 9.17. The monoisotopic (exact) mass is 483 g/mol. The van der Waals surface area contributed by atoms with Crippen molar-refractivity contribution in [3.05, 3.63) is 71.5 Å². The third kappa shape index (κ3) is 4.37. The van der Waals surface area contributed by atoms with Crippen LogP contribution in [-0.4, -0.2) is 38.7 Å². The predicted octanol–water partition coefficient (Wildman–Crippen LogP) is 3.93. The van der Waals surface area contributed by atoms with E-state index in [0.717, 1.165) is 16.6 Å². The number of hydrogen-bond acceptors (Lipinski definition) is 8. The van der Waals surface area contributed by atoms with Crippen molar-refractivity contribution in [1.82, 2.24) is 14.7 Å². The van der Waals surface area contributed by atoms with E-state index in [1.54, 1.807) is 24.4 Å². The molecule has 1 aliphatic heterocycles. The molecule has 0 radical (unpaired) electrons. The highest BCUT2D eigenvalue weighted by Gasteiger charge is 2.30. The highest BCUT2D eigenvalue weighted by atomic mass is 32.2. The molecule has 0 bridgehead atoms. The maximum Gasteiger partial charge on any atom is 0.241 e. The number of benzene rings is 2. The number of sulfonamides is 1. The minimum Gasteiger partial charge on any atom is -0.495 e. The SMILES string of the molecule is COc1cccnc1C(NS(=O)(=O)c1ccc2c(c1)OCCCO2)c1nc2ccccc2s1. The summed E-state index contributed by atoms with van der Waals surface area (Å²) >= 11 is 1.40. The van der Waals surface area contributed by atoms with Crippen LogP contribution in [0.4, 0.5) is 0 Å².